The largest absolute Gasteiger partial charge is 0.444 e. The number of hydrogen-bond acceptors (Lipinski definition) is 5. The Morgan fingerprint density at radius 2 is 1.86 bits per heavy atom. The van der Waals surface area contributed by atoms with E-state index in [0.717, 1.165) is 21.7 Å². The maximum atomic E-state index is 13.6. The van der Waals surface area contributed by atoms with Gasteiger partial charge in [-0.2, -0.15) is 0 Å². The Bertz CT molecular complexity index is 1070. The topological polar surface area (TPSA) is 47.3 Å². The molecule has 2 heterocycles. The summed E-state index contributed by atoms with van der Waals surface area (Å²) in [5, 5.41) is 3.09. The summed E-state index contributed by atoms with van der Waals surface area (Å²) in [5.41, 5.74) is 2.99. The summed E-state index contributed by atoms with van der Waals surface area (Å²) in [6.07, 6.45) is 3.19. The number of nitrogens with zero attached hydrogens (tertiary/aromatic N) is 1. The van der Waals surface area contributed by atoms with Gasteiger partial charge >= 0.3 is 0 Å². The van der Waals surface area contributed by atoms with Crippen molar-refractivity contribution >= 4 is 17.0 Å². The highest BCUT2D eigenvalue weighted by atomic mass is 32.1. The number of ether oxygens (including phenoxy) is 1. The summed E-state index contributed by atoms with van der Waals surface area (Å²) in [6, 6.07) is 13.7. The van der Waals surface area contributed by atoms with E-state index in [-0.39, 0.29) is 18.9 Å². The average molecular weight is 412 g/mol. The van der Waals surface area contributed by atoms with Gasteiger partial charge in [0.25, 0.3) is 0 Å². The van der Waals surface area contributed by atoms with Crippen LogP contribution in [0.1, 0.15) is 10.4 Å². The summed E-state index contributed by atoms with van der Waals surface area (Å²) in [7, 11) is 0. The van der Waals surface area contributed by atoms with E-state index in [9.17, 15) is 8.78 Å². The van der Waals surface area contributed by atoms with Crippen LogP contribution in [0.3, 0.4) is 0 Å². The first-order valence-corrected chi connectivity index (χ1v) is 9.78. The molecule has 0 aliphatic carbocycles. The average Bonchev–Trinajstić information content (AvgIpc) is 3.37. The quantitative estimate of drug-likeness (QED) is 0.288. The molecule has 0 aliphatic rings. The number of aromatic nitrogens is 1. The molecule has 2 aromatic heterocycles. The molecule has 0 spiro atoms. The summed E-state index contributed by atoms with van der Waals surface area (Å²) in [6.45, 7) is 2.06. The molecule has 0 aliphatic heterocycles. The van der Waals surface area contributed by atoms with E-state index in [2.05, 4.69) is 23.3 Å². The molecule has 29 heavy (non-hydrogen) atoms. The lowest BCUT2D eigenvalue weighted by molar-refractivity contribution is 0.133. The zero-order valence-electron chi connectivity index (χ0n) is 15.6. The molecule has 0 saturated heterocycles. The minimum absolute atomic E-state index is 0.0700. The van der Waals surface area contributed by atoms with Crippen molar-refractivity contribution in [2.75, 3.05) is 12.0 Å². The summed E-state index contributed by atoms with van der Waals surface area (Å²) in [5.74, 6) is -0.597. The molecule has 7 heteroatoms. The molecule has 4 nitrogen and oxygen atoms in total. The van der Waals surface area contributed by atoms with E-state index < -0.39 is 11.6 Å². The van der Waals surface area contributed by atoms with Crippen LogP contribution in [0.5, 0.6) is 0 Å². The lowest BCUT2D eigenvalue weighted by Crippen LogP contribution is -2.08. The summed E-state index contributed by atoms with van der Waals surface area (Å²) < 4.78 is 37.9. The van der Waals surface area contributed by atoms with Gasteiger partial charge in [0, 0.05) is 16.1 Å². The fourth-order valence-corrected chi connectivity index (χ4v) is 3.93. The molecule has 0 fully saturated rings. The van der Waals surface area contributed by atoms with Crippen LogP contribution in [0, 0.1) is 18.6 Å². The summed E-state index contributed by atoms with van der Waals surface area (Å²) >= 11 is 1.64. The fourth-order valence-electron chi connectivity index (χ4n) is 2.94. The molecular weight excluding hydrogens is 394 g/mol. The number of rotatable bonds is 7. The van der Waals surface area contributed by atoms with Crippen LogP contribution >= 0.6 is 11.3 Å². The van der Waals surface area contributed by atoms with E-state index in [4.69, 9.17) is 9.15 Å². The number of oxazole rings is 1. The van der Waals surface area contributed by atoms with Crippen molar-refractivity contribution in [3.05, 3.63) is 83.1 Å². The highest BCUT2D eigenvalue weighted by Gasteiger charge is 2.12. The molecular formula is C22H18F2N2O2S. The van der Waals surface area contributed by atoms with Crippen molar-refractivity contribution in [2.45, 2.75) is 13.5 Å². The monoisotopic (exact) mass is 412 g/mol. The second-order valence-electron chi connectivity index (χ2n) is 6.36. The van der Waals surface area contributed by atoms with Gasteiger partial charge in [-0.15, -0.1) is 11.3 Å². The zero-order chi connectivity index (χ0) is 20.2. The van der Waals surface area contributed by atoms with Crippen molar-refractivity contribution in [3.63, 3.8) is 0 Å². The Morgan fingerprint density at radius 3 is 2.55 bits per heavy atom. The van der Waals surface area contributed by atoms with Crippen molar-refractivity contribution < 1.29 is 17.9 Å². The summed E-state index contributed by atoms with van der Waals surface area (Å²) in [4.78, 5) is 6.36. The Balaban J connectivity index is 1.36. The first kappa shape index (κ1) is 19.3. The molecule has 0 saturated carbocycles. The molecule has 4 aromatic rings. The molecule has 0 unspecified atom stereocenters. The molecule has 148 valence electrons. The van der Waals surface area contributed by atoms with Crippen LogP contribution in [0.2, 0.25) is 0 Å². The number of anilines is 1. The maximum absolute atomic E-state index is 13.6. The van der Waals surface area contributed by atoms with Crippen LogP contribution in [0.15, 0.2) is 65.4 Å². The van der Waals surface area contributed by atoms with Gasteiger partial charge in [-0.05, 0) is 48.4 Å². The smallest absolute Gasteiger partial charge is 0.236 e. The van der Waals surface area contributed by atoms with Gasteiger partial charge in [-0.3, -0.25) is 0 Å². The molecule has 2 aromatic carbocycles. The van der Waals surface area contributed by atoms with Gasteiger partial charge in [0.2, 0.25) is 5.89 Å². The molecule has 0 radical (unpaired) electrons. The van der Waals surface area contributed by atoms with Crippen LogP contribution in [-0.4, -0.2) is 11.7 Å². The van der Waals surface area contributed by atoms with Crippen molar-refractivity contribution in [1.29, 1.82) is 0 Å². The van der Waals surface area contributed by atoms with Crippen LogP contribution in [0.4, 0.5) is 14.5 Å². The van der Waals surface area contributed by atoms with Gasteiger partial charge in [-0.25, -0.2) is 13.8 Å². The highest BCUT2D eigenvalue weighted by molar-refractivity contribution is 7.15. The second kappa shape index (κ2) is 8.55. The van der Waals surface area contributed by atoms with Gasteiger partial charge in [0.1, 0.15) is 24.6 Å². The predicted molar refractivity (Wildman–Crippen MR) is 110 cm³/mol. The number of halogens is 2. The number of hydrogen-bond donors (Lipinski definition) is 1. The van der Waals surface area contributed by atoms with E-state index in [1.165, 1.54) is 23.1 Å². The Morgan fingerprint density at radius 1 is 1.10 bits per heavy atom. The van der Waals surface area contributed by atoms with Crippen molar-refractivity contribution in [3.8, 4) is 21.9 Å². The number of nitrogens with one attached hydrogen (secondary N) is 1. The molecule has 0 bridgehead atoms. The molecule has 1 N–H and O–H groups in total. The number of benzene rings is 2. The van der Waals surface area contributed by atoms with Crippen LogP contribution < -0.4 is 5.32 Å². The maximum Gasteiger partial charge on any atom is 0.236 e. The Hall–Kier alpha value is -3.03. The van der Waals surface area contributed by atoms with E-state index in [0.29, 0.717) is 5.89 Å². The van der Waals surface area contributed by atoms with Crippen molar-refractivity contribution in [2.24, 2.45) is 0 Å². The van der Waals surface area contributed by atoms with Gasteiger partial charge in [0.15, 0.2) is 0 Å². The van der Waals surface area contributed by atoms with Crippen LogP contribution in [0.25, 0.3) is 21.9 Å². The van der Waals surface area contributed by atoms with Gasteiger partial charge < -0.3 is 14.5 Å². The number of aryl methyl sites for hydroxylation is 1. The van der Waals surface area contributed by atoms with E-state index in [1.807, 2.05) is 24.3 Å². The minimum atomic E-state index is -0.607. The normalized spacial score (nSPS) is 11.0. The van der Waals surface area contributed by atoms with E-state index in [1.54, 1.807) is 23.8 Å². The van der Waals surface area contributed by atoms with E-state index >= 15 is 0 Å². The lowest BCUT2D eigenvalue weighted by atomic mass is 10.1. The molecule has 4 rings (SSSR count). The Kier molecular flexibility index (Phi) is 5.69. The zero-order valence-corrected chi connectivity index (χ0v) is 16.4. The Labute approximate surface area is 170 Å². The number of thiophene rings is 1. The first-order chi connectivity index (χ1) is 14.1. The molecule has 0 amide bonds. The second-order valence-corrected chi connectivity index (χ2v) is 7.62. The predicted octanol–water partition coefficient (Wildman–Crippen LogP) is 6.24. The fraction of sp³-hybridized carbons (Fsp3) is 0.136. The standard InChI is InChI=1S/C22H18F2N2O2S/c1-14-17(11-21(29-14)22-25-9-10-28-22)15-5-7-16(8-6-15)26-13-27-12-18-19(23)3-2-4-20(18)24/h2-11,26H,12-13H2,1H3. The SMILES string of the molecule is Cc1sc(-c2ncco2)cc1-c1ccc(NCOCc2c(F)cccc2F)cc1. The van der Waals surface area contributed by atoms with Gasteiger partial charge in [0.05, 0.1) is 17.7 Å². The van der Waals surface area contributed by atoms with Gasteiger partial charge in [-0.1, -0.05) is 18.2 Å². The third-order valence-corrected chi connectivity index (χ3v) is 5.48. The third-order valence-electron chi connectivity index (χ3n) is 4.44. The third kappa shape index (κ3) is 4.36. The minimum Gasteiger partial charge on any atom is -0.444 e. The van der Waals surface area contributed by atoms with Crippen molar-refractivity contribution in [1.82, 2.24) is 4.98 Å². The van der Waals surface area contributed by atoms with Crippen LogP contribution in [-0.2, 0) is 11.3 Å². The molecule has 0 atom stereocenters. The first-order valence-electron chi connectivity index (χ1n) is 8.97. The highest BCUT2D eigenvalue weighted by Crippen LogP contribution is 2.36. The lowest BCUT2D eigenvalue weighted by Gasteiger charge is -2.10.